The van der Waals surface area contributed by atoms with Crippen LogP contribution in [0.1, 0.15) is 37.5 Å². The molecule has 0 radical (unpaired) electrons. The van der Waals surface area contributed by atoms with Gasteiger partial charge in [-0.1, -0.05) is 26.0 Å². The summed E-state index contributed by atoms with van der Waals surface area (Å²) in [5.41, 5.74) is 3.64. The van der Waals surface area contributed by atoms with Crippen molar-refractivity contribution < 1.29 is 13.9 Å². The molecule has 2 aromatic rings. The number of amides is 1. The van der Waals surface area contributed by atoms with Gasteiger partial charge in [0, 0.05) is 0 Å². The molecular formula is C17H20N2O3. The molecule has 0 fully saturated rings. The van der Waals surface area contributed by atoms with Gasteiger partial charge in [-0.05, 0) is 42.2 Å². The highest BCUT2D eigenvalue weighted by Crippen LogP contribution is 2.21. The molecule has 1 N–H and O–H groups in total. The first-order chi connectivity index (χ1) is 10.7. The molecule has 0 aliphatic carbocycles. The molecule has 116 valence electrons. The smallest absolute Gasteiger partial charge is 0.277 e. The van der Waals surface area contributed by atoms with Crippen molar-refractivity contribution in [3.63, 3.8) is 0 Å². The third-order valence-electron chi connectivity index (χ3n) is 3.36. The van der Waals surface area contributed by atoms with Crippen LogP contribution in [0.4, 0.5) is 0 Å². The van der Waals surface area contributed by atoms with E-state index in [-0.39, 0.29) is 12.5 Å². The summed E-state index contributed by atoms with van der Waals surface area (Å²) < 4.78 is 10.5. The number of rotatable bonds is 7. The Morgan fingerprint density at radius 1 is 1.36 bits per heavy atom. The second kappa shape index (κ2) is 8.02. The highest BCUT2D eigenvalue weighted by atomic mass is 16.5. The molecule has 0 saturated carbocycles. The molecule has 0 bridgehead atoms. The highest BCUT2D eigenvalue weighted by Gasteiger charge is 2.04. The number of nitrogens with one attached hydrogen (secondary N) is 1. The van der Waals surface area contributed by atoms with Crippen LogP contribution in [-0.4, -0.2) is 18.7 Å². The van der Waals surface area contributed by atoms with E-state index in [2.05, 4.69) is 24.4 Å². The van der Waals surface area contributed by atoms with Crippen molar-refractivity contribution in [1.29, 1.82) is 0 Å². The Morgan fingerprint density at radius 3 is 2.77 bits per heavy atom. The number of carbonyl (C=O) groups excluding carboxylic acids is 1. The molecule has 0 saturated heterocycles. The lowest BCUT2D eigenvalue weighted by Crippen LogP contribution is -2.24. The lowest BCUT2D eigenvalue weighted by atomic mass is 9.99. The zero-order chi connectivity index (χ0) is 15.8. The summed E-state index contributed by atoms with van der Waals surface area (Å²) in [7, 11) is 0. The summed E-state index contributed by atoms with van der Waals surface area (Å²) in [5, 5.41) is 3.78. The molecule has 1 aromatic carbocycles. The second-order valence-corrected chi connectivity index (χ2v) is 4.98. The van der Waals surface area contributed by atoms with Crippen LogP contribution >= 0.6 is 0 Å². The van der Waals surface area contributed by atoms with Gasteiger partial charge in [-0.15, -0.1) is 0 Å². The molecule has 0 unspecified atom stereocenters. The van der Waals surface area contributed by atoms with Crippen LogP contribution in [0.25, 0.3) is 0 Å². The Morgan fingerprint density at radius 2 is 2.14 bits per heavy atom. The predicted molar refractivity (Wildman–Crippen MR) is 85.1 cm³/mol. The molecule has 5 nitrogen and oxygen atoms in total. The standard InChI is InChI=1S/C17H20N2O3/c1-3-13(2)14-6-8-15(9-7-14)22-12-17(20)19-18-11-16-5-4-10-21-16/h4-11,13H,3,12H2,1-2H3,(H,19,20)/b18-11-/t13-/m1/s1. The summed E-state index contributed by atoms with van der Waals surface area (Å²) in [6.07, 6.45) is 4.06. The van der Waals surface area contributed by atoms with Crippen molar-refractivity contribution in [2.45, 2.75) is 26.2 Å². The van der Waals surface area contributed by atoms with Gasteiger partial charge in [0.2, 0.25) is 0 Å². The minimum absolute atomic E-state index is 0.0851. The summed E-state index contributed by atoms with van der Waals surface area (Å²) in [4.78, 5) is 11.6. The van der Waals surface area contributed by atoms with Gasteiger partial charge in [0.05, 0.1) is 12.5 Å². The molecule has 1 atom stereocenters. The van der Waals surface area contributed by atoms with Crippen LogP contribution in [0.15, 0.2) is 52.2 Å². The quantitative estimate of drug-likeness (QED) is 0.630. The highest BCUT2D eigenvalue weighted by molar-refractivity contribution is 5.81. The molecule has 1 heterocycles. The summed E-state index contributed by atoms with van der Waals surface area (Å²) in [6.45, 7) is 4.25. The number of hydrazone groups is 1. The summed E-state index contributed by atoms with van der Waals surface area (Å²) in [5.74, 6) is 1.43. The molecule has 5 heteroatoms. The van der Waals surface area contributed by atoms with Gasteiger partial charge in [0.1, 0.15) is 11.5 Å². The van der Waals surface area contributed by atoms with Crippen molar-refractivity contribution in [1.82, 2.24) is 5.43 Å². The number of carbonyl (C=O) groups is 1. The maximum absolute atomic E-state index is 11.6. The van der Waals surface area contributed by atoms with Gasteiger partial charge in [0.15, 0.2) is 6.61 Å². The Hall–Kier alpha value is -2.56. The fraction of sp³-hybridized carbons (Fsp3) is 0.294. The fourth-order valence-electron chi connectivity index (χ4n) is 1.84. The third kappa shape index (κ3) is 4.77. The molecule has 0 aliphatic heterocycles. The normalized spacial score (nSPS) is 12.3. The van der Waals surface area contributed by atoms with E-state index in [9.17, 15) is 4.79 Å². The van der Waals surface area contributed by atoms with E-state index in [1.807, 2.05) is 24.3 Å². The van der Waals surface area contributed by atoms with Crippen LogP contribution in [-0.2, 0) is 4.79 Å². The van der Waals surface area contributed by atoms with E-state index in [0.29, 0.717) is 17.4 Å². The van der Waals surface area contributed by atoms with Gasteiger partial charge in [-0.2, -0.15) is 5.10 Å². The first-order valence-corrected chi connectivity index (χ1v) is 7.27. The van der Waals surface area contributed by atoms with Crippen molar-refractivity contribution in [2.75, 3.05) is 6.61 Å². The molecule has 1 amide bonds. The van der Waals surface area contributed by atoms with Gasteiger partial charge < -0.3 is 9.15 Å². The number of furan rings is 1. The molecule has 0 aliphatic rings. The first-order valence-electron chi connectivity index (χ1n) is 7.27. The van der Waals surface area contributed by atoms with Crippen LogP contribution in [0.3, 0.4) is 0 Å². The Bertz CT molecular complexity index is 603. The Balaban J connectivity index is 1.76. The average molecular weight is 300 g/mol. The van der Waals surface area contributed by atoms with E-state index in [1.54, 1.807) is 12.1 Å². The molecule has 2 rings (SSSR count). The molecular weight excluding hydrogens is 280 g/mol. The number of hydrogen-bond donors (Lipinski definition) is 1. The average Bonchev–Trinajstić information content (AvgIpc) is 3.06. The van der Waals surface area contributed by atoms with Crippen LogP contribution in [0, 0.1) is 0 Å². The van der Waals surface area contributed by atoms with Crippen molar-refractivity contribution in [3.8, 4) is 5.75 Å². The molecule has 1 aromatic heterocycles. The van der Waals surface area contributed by atoms with Gasteiger partial charge in [0.25, 0.3) is 5.91 Å². The molecule has 22 heavy (non-hydrogen) atoms. The van der Waals surface area contributed by atoms with Crippen LogP contribution < -0.4 is 10.2 Å². The number of nitrogens with zero attached hydrogens (tertiary/aromatic N) is 1. The Kier molecular flexibility index (Phi) is 5.77. The van der Waals surface area contributed by atoms with E-state index in [1.165, 1.54) is 18.0 Å². The van der Waals surface area contributed by atoms with Gasteiger partial charge in [-0.25, -0.2) is 5.43 Å². The van der Waals surface area contributed by atoms with E-state index in [4.69, 9.17) is 9.15 Å². The lowest BCUT2D eigenvalue weighted by Gasteiger charge is -2.10. The minimum Gasteiger partial charge on any atom is -0.484 e. The molecule has 0 spiro atoms. The fourth-order valence-corrected chi connectivity index (χ4v) is 1.84. The lowest BCUT2D eigenvalue weighted by molar-refractivity contribution is -0.123. The number of benzene rings is 1. The minimum atomic E-state index is -0.325. The van der Waals surface area contributed by atoms with Crippen LogP contribution in [0.2, 0.25) is 0 Å². The maximum Gasteiger partial charge on any atom is 0.277 e. The van der Waals surface area contributed by atoms with E-state index in [0.717, 1.165) is 6.42 Å². The second-order valence-electron chi connectivity index (χ2n) is 4.98. The van der Waals surface area contributed by atoms with E-state index >= 15 is 0 Å². The van der Waals surface area contributed by atoms with E-state index < -0.39 is 0 Å². The SMILES string of the molecule is CC[C@@H](C)c1ccc(OCC(=O)N/N=C\c2ccco2)cc1. The van der Waals surface area contributed by atoms with Crippen LogP contribution in [0.5, 0.6) is 5.75 Å². The zero-order valence-corrected chi connectivity index (χ0v) is 12.8. The Labute approximate surface area is 130 Å². The number of hydrogen-bond acceptors (Lipinski definition) is 4. The predicted octanol–water partition coefficient (Wildman–Crippen LogP) is 3.32. The first kappa shape index (κ1) is 15.8. The van der Waals surface area contributed by atoms with Crippen molar-refractivity contribution in [2.24, 2.45) is 5.10 Å². The monoisotopic (exact) mass is 300 g/mol. The van der Waals surface area contributed by atoms with Gasteiger partial charge in [-0.3, -0.25) is 4.79 Å². The maximum atomic E-state index is 11.6. The van der Waals surface area contributed by atoms with Crippen molar-refractivity contribution >= 4 is 12.1 Å². The largest absolute Gasteiger partial charge is 0.484 e. The summed E-state index contributed by atoms with van der Waals surface area (Å²) in [6, 6.07) is 11.3. The number of ether oxygens (including phenoxy) is 1. The summed E-state index contributed by atoms with van der Waals surface area (Å²) >= 11 is 0. The van der Waals surface area contributed by atoms with Gasteiger partial charge >= 0.3 is 0 Å². The third-order valence-corrected chi connectivity index (χ3v) is 3.36. The topological polar surface area (TPSA) is 63.8 Å². The zero-order valence-electron chi connectivity index (χ0n) is 12.8. The van der Waals surface area contributed by atoms with Crippen molar-refractivity contribution in [3.05, 3.63) is 54.0 Å².